The fraction of sp³-hybridized carbons (Fsp3) is 0.0513. The van der Waals surface area contributed by atoms with Crippen molar-refractivity contribution in [3.63, 3.8) is 0 Å². The Morgan fingerprint density at radius 3 is 2.05 bits per heavy atom. The normalized spacial score (nSPS) is 14.7. The second-order valence-corrected chi connectivity index (χ2v) is 11.9. The van der Waals surface area contributed by atoms with Gasteiger partial charge in [-0.3, -0.25) is 0 Å². The molecule has 192 valence electrons. The first-order valence-corrected chi connectivity index (χ1v) is 14.7. The van der Waals surface area contributed by atoms with E-state index in [0.717, 1.165) is 11.8 Å². The van der Waals surface area contributed by atoms with Crippen molar-refractivity contribution >= 4 is 44.9 Å². The third kappa shape index (κ3) is 2.45. The van der Waals surface area contributed by atoms with E-state index in [9.17, 15) is 5.26 Å². The van der Waals surface area contributed by atoms with E-state index < -0.39 is 5.41 Å². The molecule has 0 atom stereocenters. The summed E-state index contributed by atoms with van der Waals surface area (Å²) >= 11 is 0. The summed E-state index contributed by atoms with van der Waals surface area (Å²) in [6.45, 7) is 0.169. The first-order chi connectivity index (χ1) is 20.8. The van der Waals surface area contributed by atoms with Gasteiger partial charge in [0.05, 0.1) is 22.6 Å². The van der Waals surface area contributed by atoms with Crippen molar-refractivity contribution in [2.24, 2.45) is 0 Å². The Bertz CT molecular complexity index is 2300. The van der Waals surface area contributed by atoms with Crippen LogP contribution in [0.4, 0.5) is 0 Å². The minimum atomic E-state index is -0.449. The van der Waals surface area contributed by atoms with Gasteiger partial charge in [0.15, 0.2) is 0 Å². The van der Waals surface area contributed by atoms with Gasteiger partial charge in [0.2, 0.25) is 6.71 Å². The Kier molecular flexibility index (Phi) is 4.10. The van der Waals surface area contributed by atoms with Crippen LogP contribution >= 0.6 is 0 Å². The van der Waals surface area contributed by atoms with E-state index in [1.807, 2.05) is 6.07 Å². The summed E-state index contributed by atoms with van der Waals surface area (Å²) in [7, 11) is 0. The van der Waals surface area contributed by atoms with Crippen molar-refractivity contribution in [2.75, 3.05) is 0 Å². The summed E-state index contributed by atoms with van der Waals surface area (Å²) in [4.78, 5) is 0. The predicted octanol–water partition coefficient (Wildman–Crippen LogP) is 6.09. The second-order valence-electron chi connectivity index (χ2n) is 11.9. The highest BCUT2D eigenvalue weighted by molar-refractivity contribution is 7.00. The van der Waals surface area contributed by atoms with Crippen LogP contribution in [0.3, 0.4) is 0 Å². The Morgan fingerprint density at radius 1 is 0.619 bits per heavy atom. The van der Waals surface area contributed by atoms with Gasteiger partial charge in [-0.15, -0.1) is 0 Å². The maximum Gasteiger partial charge on any atom is 0.248 e. The van der Waals surface area contributed by atoms with Crippen LogP contribution in [0.5, 0.6) is 0 Å². The zero-order valence-electron chi connectivity index (χ0n) is 22.8. The van der Waals surface area contributed by atoms with Gasteiger partial charge in [-0.1, -0.05) is 109 Å². The minimum Gasteiger partial charge on any atom is -0.310 e. The molecule has 7 aromatic rings. The Morgan fingerprint density at radius 2 is 1.31 bits per heavy atom. The smallest absolute Gasteiger partial charge is 0.248 e. The Hall–Kier alpha value is -5.33. The number of hydrogen-bond donors (Lipinski definition) is 0. The lowest BCUT2D eigenvalue weighted by Crippen LogP contribution is -2.67. The second kappa shape index (κ2) is 7.69. The molecule has 0 bridgehead atoms. The average Bonchev–Trinajstić information content (AvgIpc) is 3.39. The number of fused-ring (bicyclic) bond motifs is 4. The van der Waals surface area contributed by atoms with Gasteiger partial charge in [-0.05, 0) is 75.0 Å². The molecule has 0 radical (unpaired) electrons. The van der Waals surface area contributed by atoms with Gasteiger partial charge in [0.1, 0.15) is 0 Å². The molecule has 0 fully saturated rings. The van der Waals surface area contributed by atoms with Gasteiger partial charge in [-0.2, -0.15) is 5.26 Å². The predicted molar refractivity (Wildman–Crippen MR) is 171 cm³/mol. The zero-order chi connectivity index (χ0) is 27.6. The molecule has 42 heavy (non-hydrogen) atoms. The average molecular weight is 530 g/mol. The summed E-state index contributed by atoms with van der Waals surface area (Å²) < 4.78 is 2.50. The molecule has 0 saturated carbocycles. The van der Waals surface area contributed by atoms with Crippen LogP contribution in [0.15, 0.2) is 127 Å². The number of rotatable bonds is 2. The third-order valence-corrected chi connectivity index (χ3v) is 10.2. The van der Waals surface area contributed by atoms with Crippen molar-refractivity contribution in [2.45, 2.75) is 11.8 Å². The monoisotopic (exact) mass is 530 g/mol. The van der Waals surface area contributed by atoms with Crippen LogP contribution in [0, 0.1) is 11.3 Å². The third-order valence-electron chi connectivity index (χ3n) is 10.2. The first-order valence-electron chi connectivity index (χ1n) is 14.7. The molecular weight excluding hydrogens is 507 g/mol. The molecule has 0 aliphatic carbocycles. The molecule has 1 aromatic heterocycles. The molecule has 3 aliphatic rings. The maximum absolute atomic E-state index is 9.76. The van der Waals surface area contributed by atoms with Gasteiger partial charge in [0, 0.05) is 22.0 Å². The molecule has 0 amide bonds. The fourth-order valence-corrected chi connectivity index (χ4v) is 8.73. The number of nitrogens with zero attached hydrogens (tertiary/aromatic N) is 2. The van der Waals surface area contributed by atoms with Crippen LogP contribution in [0.25, 0.3) is 27.5 Å². The van der Waals surface area contributed by atoms with Crippen LogP contribution in [-0.2, 0) is 11.8 Å². The quantitative estimate of drug-likeness (QED) is 0.249. The van der Waals surface area contributed by atoms with Crippen molar-refractivity contribution in [1.82, 2.24) is 4.57 Å². The van der Waals surface area contributed by atoms with Crippen molar-refractivity contribution in [1.29, 1.82) is 5.26 Å². The standard InChI is InChI=1S/C39H23BN2/c41-23-24-17-20-33-30(21-24)29-19-18-26-22-25-9-7-14-31-35(25)40-36(26)38(29)42(33)34-16-8-15-32(37(34)40)39(31,27-10-3-1-4-11-27)28-12-5-2-6-13-28/h1-21H,22H2. The van der Waals surface area contributed by atoms with E-state index in [-0.39, 0.29) is 6.71 Å². The highest BCUT2D eigenvalue weighted by Crippen LogP contribution is 2.49. The summed E-state index contributed by atoms with van der Waals surface area (Å²) in [5.74, 6) is 0. The first kappa shape index (κ1) is 22.4. The van der Waals surface area contributed by atoms with Gasteiger partial charge >= 0.3 is 0 Å². The molecule has 0 unspecified atom stereocenters. The topological polar surface area (TPSA) is 28.7 Å². The highest BCUT2D eigenvalue weighted by Gasteiger charge is 2.52. The van der Waals surface area contributed by atoms with Crippen molar-refractivity contribution in [3.05, 3.63) is 166 Å². The van der Waals surface area contributed by atoms with Crippen LogP contribution in [-0.4, -0.2) is 11.3 Å². The molecule has 4 heterocycles. The molecule has 3 heteroatoms. The van der Waals surface area contributed by atoms with Gasteiger partial charge in [0.25, 0.3) is 0 Å². The van der Waals surface area contributed by atoms with Gasteiger partial charge in [-0.25, -0.2) is 0 Å². The molecule has 0 N–H and O–H groups in total. The van der Waals surface area contributed by atoms with Crippen molar-refractivity contribution in [3.8, 4) is 11.8 Å². The lowest BCUT2D eigenvalue weighted by molar-refractivity contribution is 0.748. The van der Waals surface area contributed by atoms with Crippen LogP contribution in [0.2, 0.25) is 0 Å². The van der Waals surface area contributed by atoms with E-state index in [2.05, 4.69) is 132 Å². The lowest BCUT2D eigenvalue weighted by Gasteiger charge is -2.48. The lowest BCUT2D eigenvalue weighted by atomic mass is 9.27. The van der Waals surface area contributed by atoms with Crippen LogP contribution in [0.1, 0.15) is 38.9 Å². The molecule has 2 nitrogen and oxygen atoms in total. The summed E-state index contributed by atoms with van der Waals surface area (Å²) in [6, 6.07) is 49.4. The SMILES string of the molecule is N#Cc1ccc2c(c1)c1ccc3c4c1n2-c1cccc2c1B4c1c(cccc1C2(c1ccccc1)c1ccccc1)C3. The Labute approximate surface area is 244 Å². The van der Waals surface area contributed by atoms with E-state index >= 15 is 0 Å². The zero-order valence-corrected chi connectivity index (χ0v) is 22.8. The fourth-order valence-electron chi connectivity index (χ4n) is 8.73. The van der Waals surface area contributed by atoms with Crippen molar-refractivity contribution < 1.29 is 0 Å². The van der Waals surface area contributed by atoms with E-state index in [4.69, 9.17) is 0 Å². The molecule has 10 rings (SSSR count). The van der Waals surface area contributed by atoms with Gasteiger partial charge < -0.3 is 4.57 Å². The highest BCUT2D eigenvalue weighted by atomic mass is 15.0. The number of hydrogen-bond acceptors (Lipinski definition) is 1. The number of nitriles is 1. The molecule has 6 aromatic carbocycles. The van der Waals surface area contributed by atoms with E-state index in [0.29, 0.717) is 5.56 Å². The van der Waals surface area contributed by atoms with E-state index in [1.54, 1.807) is 0 Å². The molecule has 3 aliphatic heterocycles. The minimum absolute atomic E-state index is 0.169. The summed E-state index contributed by atoms with van der Waals surface area (Å²) in [5, 5.41) is 12.2. The van der Waals surface area contributed by atoms with Crippen LogP contribution < -0.4 is 16.4 Å². The molecule has 0 saturated heterocycles. The largest absolute Gasteiger partial charge is 0.310 e. The maximum atomic E-state index is 9.76. The Balaban J connectivity index is 1.46. The number of aromatic nitrogens is 1. The summed E-state index contributed by atoms with van der Waals surface area (Å²) in [6.07, 6.45) is 0.924. The molecule has 0 spiro atoms. The summed E-state index contributed by atoms with van der Waals surface area (Å²) in [5.41, 5.74) is 16.5. The molecular formula is C39H23BN2. The van der Waals surface area contributed by atoms with E-state index in [1.165, 1.54) is 71.9 Å². The number of benzene rings is 6.